The Balaban J connectivity index is 4.46. The minimum atomic E-state index is -0.934. The van der Waals surface area contributed by atoms with E-state index >= 15 is 0 Å². The van der Waals surface area contributed by atoms with E-state index in [4.69, 9.17) is 4.74 Å². The summed E-state index contributed by atoms with van der Waals surface area (Å²) in [4.78, 5) is 24.8. The number of likely N-dealkylation sites (N-methyl/N-ethyl adjacent to an activating group) is 1. The maximum absolute atomic E-state index is 12.0. The Morgan fingerprint density at radius 3 is 2.17 bits per heavy atom. The van der Waals surface area contributed by atoms with Crippen LogP contribution in [0.15, 0.2) is 0 Å². The first-order chi connectivity index (χ1) is 8.43. The van der Waals surface area contributed by atoms with Crippen molar-refractivity contribution >= 4 is 11.9 Å². The predicted octanol–water partition coefficient (Wildman–Crippen LogP) is 1.76. The van der Waals surface area contributed by atoms with Gasteiger partial charge < -0.3 is 14.7 Å². The molecule has 0 aromatic heterocycles. The molecule has 5 nitrogen and oxygen atoms in total. The Hall–Kier alpha value is -1.10. The van der Waals surface area contributed by atoms with Gasteiger partial charge in [0.2, 0.25) is 5.91 Å². The molecule has 18 heavy (non-hydrogen) atoms. The van der Waals surface area contributed by atoms with Gasteiger partial charge in [0.25, 0.3) is 0 Å². The highest BCUT2D eigenvalue weighted by atomic mass is 16.5. The Kier molecular flexibility index (Phi) is 7.59. The highest BCUT2D eigenvalue weighted by molar-refractivity contribution is 5.84. The lowest BCUT2D eigenvalue weighted by Crippen LogP contribution is -2.38. The van der Waals surface area contributed by atoms with Crippen molar-refractivity contribution in [3.05, 3.63) is 0 Å². The van der Waals surface area contributed by atoms with Gasteiger partial charge in [-0.2, -0.15) is 0 Å². The van der Waals surface area contributed by atoms with E-state index in [0.717, 1.165) is 0 Å². The van der Waals surface area contributed by atoms with Crippen molar-refractivity contribution in [1.82, 2.24) is 4.90 Å². The van der Waals surface area contributed by atoms with E-state index < -0.39 is 11.4 Å². The first-order valence-corrected chi connectivity index (χ1v) is 6.48. The third-order valence-corrected chi connectivity index (χ3v) is 3.50. The maximum atomic E-state index is 12.0. The van der Waals surface area contributed by atoms with Crippen LogP contribution < -0.4 is 0 Å². The molecular weight excluding hydrogens is 234 g/mol. The summed E-state index contributed by atoms with van der Waals surface area (Å²) in [6, 6.07) is 0. The normalized spacial score (nSPS) is 11.3. The number of carboxylic acid groups (broad SMARTS) is 1. The summed E-state index contributed by atoms with van der Waals surface area (Å²) in [7, 11) is 1.68. The van der Waals surface area contributed by atoms with Crippen LogP contribution in [0.2, 0.25) is 0 Å². The maximum Gasteiger partial charge on any atom is 0.310 e. The predicted molar refractivity (Wildman–Crippen MR) is 69.4 cm³/mol. The molecular formula is C13H25NO4. The van der Waals surface area contributed by atoms with Crippen LogP contribution in [0.1, 0.15) is 40.0 Å². The van der Waals surface area contributed by atoms with Gasteiger partial charge in [-0.3, -0.25) is 9.59 Å². The van der Waals surface area contributed by atoms with Crippen LogP contribution in [0.5, 0.6) is 0 Å². The zero-order valence-corrected chi connectivity index (χ0v) is 11.9. The number of aliphatic carboxylic acids is 1. The largest absolute Gasteiger partial charge is 0.481 e. The fourth-order valence-electron chi connectivity index (χ4n) is 1.77. The summed E-state index contributed by atoms with van der Waals surface area (Å²) in [5, 5.41) is 9.27. The topological polar surface area (TPSA) is 66.8 Å². The van der Waals surface area contributed by atoms with Crippen molar-refractivity contribution in [3.8, 4) is 0 Å². The van der Waals surface area contributed by atoms with Gasteiger partial charge in [-0.05, 0) is 19.8 Å². The molecule has 0 saturated heterocycles. The van der Waals surface area contributed by atoms with E-state index in [-0.39, 0.29) is 12.3 Å². The molecule has 0 spiro atoms. The van der Waals surface area contributed by atoms with Crippen LogP contribution in [0.25, 0.3) is 0 Å². The van der Waals surface area contributed by atoms with E-state index in [1.165, 1.54) is 0 Å². The zero-order valence-electron chi connectivity index (χ0n) is 11.9. The van der Waals surface area contributed by atoms with Gasteiger partial charge in [0, 0.05) is 26.6 Å². The second kappa shape index (κ2) is 8.08. The summed E-state index contributed by atoms with van der Waals surface area (Å²) in [6.07, 6.45) is 0.978. The molecule has 0 heterocycles. The minimum Gasteiger partial charge on any atom is -0.481 e. The van der Waals surface area contributed by atoms with Crippen molar-refractivity contribution < 1.29 is 19.4 Å². The fourth-order valence-corrected chi connectivity index (χ4v) is 1.77. The molecule has 1 N–H and O–H groups in total. The van der Waals surface area contributed by atoms with Gasteiger partial charge in [-0.1, -0.05) is 13.8 Å². The average molecular weight is 259 g/mol. The SMILES string of the molecule is CCOCCN(C)C(=O)CC(CC)(CC)C(=O)O. The summed E-state index contributed by atoms with van der Waals surface area (Å²) >= 11 is 0. The Labute approximate surface area is 109 Å². The molecule has 0 bridgehead atoms. The second-order valence-corrected chi connectivity index (χ2v) is 4.48. The number of carbonyl (C=O) groups excluding carboxylic acids is 1. The van der Waals surface area contributed by atoms with Gasteiger partial charge in [0.05, 0.1) is 12.0 Å². The molecule has 0 aliphatic heterocycles. The van der Waals surface area contributed by atoms with Crippen molar-refractivity contribution in [1.29, 1.82) is 0 Å². The number of nitrogens with zero attached hydrogens (tertiary/aromatic N) is 1. The van der Waals surface area contributed by atoms with Crippen molar-refractivity contribution in [2.75, 3.05) is 26.8 Å². The molecule has 0 fully saturated rings. The standard InChI is InChI=1S/C13H25NO4/c1-5-13(6-2,12(16)17)10-11(15)14(4)8-9-18-7-3/h5-10H2,1-4H3,(H,16,17). The van der Waals surface area contributed by atoms with Crippen molar-refractivity contribution in [2.24, 2.45) is 5.41 Å². The third-order valence-electron chi connectivity index (χ3n) is 3.50. The summed E-state index contributed by atoms with van der Waals surface area (Å²) in [5.41, 5.74) is -0.934. The second-order valence-electron chi connectivity index (χ2n) is 4.48. The minimum absolute atomic E-state index is 0.0535. The van der Waals surface area contributed by atoms with Crippen LogP contribution in [0.4, 0.5) is 0 Å². The highest BCUT2D eigenvalue weighted by Gasteiger charge is 2.37. The Morgan fingerprint density at radius 2 is 1.78 bits per heavy atom. The molecule has 0 atom stereocenters. The van der Waals surface area contributed by atoms with Crippen LogP contribution in [0, 0.1) is 5.41 Å². The van der Waals surface area contributed by atoms with Crippen LogP contribution in [0.3, 0.4) is 0 Å². The van der Waals surface area contributed by atoms with Gasteiger partial charge >= 0.3 is 5.97 Å². The van der Waals surface area contributed by atoms with Gasteiger partial charge in [0.1, 0.15) is 0 Å². The van der Waals surface area contributed by atoms with E-state index in [9.17, 15) is 14.7 Å². The first-order valence-electron chi connectivity index (χ1n) is 6.48. The van der Waals surface area contributed by atoms with Crippen LogP contribution in [-0.4, -0.2) is 48.7 Å². The summed E-state index contributed by atoms with van der Waals surface area (Å²) in [6.45, 7) is 7.11. The molecule has 0 unspecified atom stereocenters. The van der Waals surface area contributed by atoms with Gasteiger partial charge in [0.15, 0.2) is 0 Å². The van der Waals surface area contributed by atoms with E-state index in [2.05, 4.69) is 0 Å². The molecule has 0 rings (SSSR count). The average Bonchev–Trinajstić information content (AvgIpc) is 2.35. The fraction of sp³-hybridized carbons (Fsp3) is 0.846. The van der Waals surface area contributed by atoms with E-state index in [1.807, 2.05) is 20.8 Å². The molecule has 0 radical (unpaired) electrons. The van der Waals surface area contributed by atoms with E-state index in [0.29, 0.717) is 32.6 Å². The molecule has 0 saturated carbocycles. The quantitative estimate of drug-likeness (QED) is 0.641. The third kappa shape index (κ3) is 4.64. The number of ether oxygens (including phenoxy) is 1. The van der Waals surface area contributed by atoms with Crippen molar-refractivity contribution in [2.45, 2.75) is 40.0 Å². The van der Waals surface area contributed by atoms with E-state index in [1.54, 1.807) is 11.9 Å². The number of hydrogen-bond donors (Lipinski definition) is 1. The Morgan fingerprint density at radius 1 is 1.22 bits per heavy atom. The Bertz CT molecular complexity index is 274. The van der Waals surface area contributed by atoms with Crippen LogP contribution in [-0.2, 0) is 14.3 Å². The first kappa shape index (κ1) is 16.9. The van der Waals surface area contributed by atoms with Gasteiger partial charge in [-0.25, -0.2) is 0 Å². The lowest BCUT2D eigenvalue weighted by molar-refractivity contribution is -0.154. The molecule has 0 aliphatic rings. The lowest BCUT2D eigenvalue weighted by Gasteiger charge is -2.28. The molecule has 0 aromatic carbocycles. The number of carboxylic acids is 1. The number of amides is 1. The molecule has 106 valence electrons. The number of carbonyl (C=O) groups is 2. The summed E-state index contributed by atoms with van der Waals surface area (Å²) < 4.78 is 5.17. The molecule has 0 aliphatic carbocycles. The van der Waals surface area contributed by atoms with Gasteiger partial charge in [-0.15, -0.1) is 0 Å². The molecule has 5 heteroatoms. The van der Waals surface area contributed by atoms with Crippen LogP contribution >= 0.6 is 0 Å². The molecule has 1 amide bonds. The lowest BCUT2D eigenvalue weighted by atomic mass is 9.79. The molecule has 0 aromatic rings. The number of rotatable bonds is 9. The zero-order chi connectivity index (χ0) is 14.2. The smallest absolute Gasteiger partial charge is 0.310 e. The summed E-state index contributed by atoms with van der Waals surface area (Å²) in [5.74, 6) is -1.03. The van der Waals surface area contributed by atoms with Crippen molar-refractivity contribution in [3.63, 3.8) is 0 Å². The number of hydrogen-bond acceptors (Lipinski definition) is 3. The highest BCUT2D eigenvalue weighted by Crippen LogP contribution is 2.31. The monoisotopic (exact) mass is 259 g/mol.